The van der Waals surface area contributed by atoms with Crippen molar-refractivity contribution in [2.45, 2.75) is 6.61 Å². The topological polar surface area (TPSA) is 54.0 Å². The highest BCUT2D eigenvalue weighted by atomic mass is 16.5. The Hall–Kier alpha value is -4.51. The smallest absolute Gasteiger partial charge is 0.343 e. The average molecular weight is 465 g/mol. The zero-order chi connectivity index (χ0) is 24.2. The predicted molar refractivity (Wildman–Crippen MR) is 136 cm³/mol. The molecule has 1 heterocycles. The van der Waals surface area contributed by atoms with Crippen LogP contribution < -0.4 is 14.2 Å². The minimum Gasteiger partial charge on any atom is -0.497 e. The minimum absolute atomic E-state index is 0.397. The first-order chi connectivity index (χ1) is 17.1. The molecule has 5 rings (SSSR count). The number of esters is 1. The van der Waals surface area contributed by atoms with E-state index in [9.17, 15) is 4.79 Å². The molecule has 35 heavy (non-hydrogen) atoms. The molecule has 174 valence electrons. The maximum Gasteiger partial charge on any atom is 0.343 e. The van der Waals surface area contributed by atoms with Crippen LogP contribution in [0.4, 0.5) is 0 Å². The van der Waals surface area contributed by atoms with Gasteiger partial charge in [-0.3, -0.25) is 0 Å². The van der Waals surface area contributed by atoms with E-state index in [4.69, 9.17) is 18.9 Å². The third-order valence-corrected chi connectivity index (χ3v) is 5.82. The number of methoxy groups -OCH3 is 2. The zero-order valence-corrected chi connectivity index (χ0v) is 19.5. The summed E-state index contributed by atoms with van der Waals surface area (Å²) in [7, 11) is 3.21. The Morgan fingerprint density at radius 1 is 0.800 bits per heavy atom. The number of fused-ring (bicyclic) bond motifs is 1. The van der Waals surface area contributed by atoms with Crippen LogP contribution in [0.5, 0.6) is 17.2 Å². The van der Waals surface area contributed by atoms with Gasteiger partial charge in [-0.2, -0.15) is 0 Å². The van der Waals surface area contributed by atoms with E-state index in [1.807, 2.05) is 54.6 Å². The molecule has 0 radical (unpaired) electrons. The van der Waals surface area contributed by atoms with Crippen LogP contribution >= 0.6 is 0 Å². The van der Waals surface area contributed by atoms with Crippen molar-refractivity contribution >= 4 is 28.6 Å². The summed E-state index contributed by atoms with van der Waals surface area (Å²) >= 11 is 0. The standard InChI is InChI=1S/C30H24O5/c1-32-26-12-10-23(11-13-26)28-18-25(30(31)35-28)15-20-8-14-27(29(17-20)33-2)34-19-21-7-9-22-5-3-4-6-24(22)16-21/h3-18H,19H2,1-2H3/b25-15-. The highest BCUT2D eigenvalue weighted by Crippen LogP contribution is 2.32. The van der Waals surface area contributed by atoms with Gasteiger partial charge in [0.05, 0.1) is 19.8 Å². The lowest BCUT2D eigenvalue weighted by Gasteiger charge is -2.12. The van der Waals surface area contributed by atoms with Crippen LogP contribution in [0.1, 0.15) is 16.7 Å². The Labute approximate surface area is 203 Å². The van der Waals surface area contributed by atoms with Gasteiger partial charge in [0, 0.05) is 5.56 Å². The summed E-state index contributed by atoms with van der Waals surface area (Å²) in [5.41, 5.74) is 3.14. The molecule has 1 aliphatic rings. The number of cyclic esters (lactones) is 1. The molecule has 0 saturated heterocycles. The second-order valence-corrected chi connectivity index (χ2v) is 8.11. The van der Waals surface area contributed by atoms with Crippen LogP contribution in [0.3, 0.4) is 0 Å². The first kappa shape index (κ1) is 22.3. The van der Waals surface area contributed by atoms with Crippen LogP contribution in [-0.2, 0) is 16.1 Å². The van der Waals surface area contributed by atoms with E-state index in [2.05, 4.69) is 30.3 Å². The first-order valence-corrected chi connectivity index (χ1v) is 11.2. The van der Waals surface area contributed by atoms with Crippen molar-refractivity contribution in [1.29, 1.82) is 0 Å². The van der Waals surface area contributed by atoms with Gasteiger partial charge in [-0.05, 0) is 76.5 Å². The lowest BCUT2D eigenvalue weighted by molar-refractivity contribution is -0.130. The Balaban J connectivity index is 1.33. The van der Waals surface area contributed by atoms with Crippen molar-refractivity contribution in [1.82, 2.24) is 0 Å². The molecule has 4 aromatic rings. The molecule has 0 bridgehead atoms. The molecule has 4 aromatic carbocycles. The van der Waals surface area contributed by atoms with E-state index in [1.165, 1.54) is 10.8 Å². The van der Waals surface area contributed by atoms with E-state index in [-0.39, 0.29) is 0 Å². The van der Waals surface area contributed by atoms with Gasteiger partial charge in [0.1, 0.15) is 18.1 Å². The summed E-state index contributed by atoms with van der Waals surface area (Å²) in [5.74, 6) is 2.07. The molecular weight excluding hydrogens is 440 g/mol. The normalized spacial score (nSPS) is 14.1. The maximum absolute atomic E-state index is 12.4. The van der Waals surface area contributed by atoms with Crippen LogP contribution in [0.15, 0.2) is 96.6 Å². The molecule has 0 N–H and O–H groups in total. The summed E-state index contributed by atoms with van der Waals surface area (Å²) in [6, 6.07) is 27.4. The van der Waals surface area contributed by atoms with Crippen LogP contribution in [0.25, 0.3) is 22.6 Å². The molecule has 0 atom stereocenters. The second kappa shape index (κ2) is 9.77. The molecule has 5 heteroatoms. The molecule has 0 fully saturated rings. The average Bonchev–Trinajstić information content (AvgIpc) is 3.27. The SMILES string of the molecule is COc1ccc(C2=C/C(=C/c3ccc(OCc4ccc5ccccc5c4)c(OC)c3)C(=O)O2)cc1. The highest BCUT2D eigenvalue weighted by molar-refractivity contribution is 6.05. The van der Waals surface area contributed by atoms with Crippen molar-refractivity contribution in [3.63, 3.8) is 0 Å². The van der Waals surface area contributed by atoms with Gasteiger partial charge in [-0.1, -0.05) is 42.5 Å². The van der Waals surface area contributed by atoms with Gasteiger partial charge < -0.3 is 18.9 Å². The molecule has 0 aromatic heterocycles. The fraction of sp³-hybridized carbons (Fsp3) is 0.100. The van der Waals surface area contributed by atoms with E-state index in [0.29, 0.717) is 29.4 Å². The number of rotatable bonds is 7. The summed E-state index contributed by atoms with van der Waals surface area (Å²) < 4.78 is 22.2. The number of hydrogen-bond acceptors (Lipinski definition) is 5. The Bertz CT molecular complexity index is 1450. The van der Waals surface area contributed by atoms with Crippen molar-refractivity contribution < 1.29 is 23.7 Å². The van der Waals surface area contributed by atoms with Gasteiger partial charge in [0.15, 0.2) is 11.5 Å². The van der Waals surface area contributed by atoms with E-state index < -0.39 is 5.97 Å². The van der Waals surface area contributed by atoms with Gasteiger partial charge in [-0.25, -0.2) is 4.79 Å². The lowest BCUT2D eigenvalue weighted by Crippen LogP contribution is -1.99. The largest absolute Gasteiger partial charge is 0.497 e. The maximum atomic E-state index is 12.4. The van der Waals surface area contributed by atoms with Crippen molar-refractivity contribution in [2.24, 2.45) is 0 Å². The van der Waals surface area contributed by atoms with Gasteiger partial charge in [-0.15, -0.1) is 0 Å². The Morgan fingerprint density at radius 3 is 2.37 bits per heavy atom. The van der Waals surface area contributed by atoms with Crippen LogP contribution in [0, 0.1) is 0 Å². The first-order valence-electron chi connectivity index (χ1n) is 11.2. The van der Waals surface area contributed by atoms with Crippen LogP contribution in [0.2, 0.25) is 0 Å². The number of ether oxygens (including phenoxy) is 4. The lowest BCUT2D eigenvalue weighted by atomic mass is 10.1. The molecule has 0 spiro atoms. The van der Waals surface area contributed by atoms with Crippen molar-refractivity contribution in [3.05, 3.63) is 113 Å². The zero-order valence-electron chi connectivity index (χ0n) is 19.5. The van der Waals surface area contributed by atoms with Crippen molar-refractivity contribution in [3.8, 4) is 17.2 Å². The van der Waals surface area contributed by atoms with Crippen LogP contribution in [-0.4, -0.2) is 20.2 Å². The predicted octanol–water partition coefficient (Wildman–Crippen LogP) is 6.42. The van der Waals surface area contributed by atoms with Crippen molar-refractivity contribution in [2.75, 3.05) is 14.2 Å². The van der Waals surface area contributed by atoms with Gasteiger partial charge in [0.2, 0.25) is 0 Å². The molecule has 0 aliphatic carbocycles. The van der Waals surface area contributed by atoms with E-state index >= 15 is 0 Å². The molecule has 0 saturated carbocycles. The third-order valence-electron chi connectivity index (χ3n) is 5.82. The number of hydrogen-bond donors (Lipinski definition) is 0. The molecule has 0 amide bonds. The molecule has 1 aliphatic heterocycles. The summed E-state index contributed by atoms with van der Waals surface area (Å²) in [6.45, 7) is 0.419. The molecular formula is C30H24O5. The number of benzene rings is 4. The fourth-order valence-electron chi connectivity index (χ4n) is 3.95. The summed E-state index contributed by atoms with van der Waals surface area (Å²) in [6.07, 6.45) is 3.51. The van der Waals surface area contributed by atoms with Gasteiger partial charge >= 0.3 is 5.97 Å². The molecule has 5 nitrogen and oxygen atoms in total. The third kappa shape index (κ3) is 4.89. The number of carbonyl (C=O) groups is 1. The van der Waals surface area contributed by atoms with E-state index in [1.54, 1.807) is 26.4 Å². The molecule has 0 unspecified atom stereocenters. The number of carbonyl (C=O) groups excluding carboxylic acids is 1. The van der Waals surface area contributed by atoms with E-state index in [0.717, 1.165) is 22.4 Å². The van der Waals surface area contributed by atoms with Gasteiger partial charge in [0.25, 0.3) is 0 Å². The fourth-order valence-corrected chi connectivity index (χ4v) is 3.95. The Morgan fingerprint density at radius 2 is 1.60 bits per heavy atom. The Kier molecular flexibility index (Phi) is 6.22. The second-order valence-electron chi connectivity index (χ2n) is 8.11. The minimum atomic E-state index is -0.397. The summed E-state index contributed by atoms with van der Waals surface area (Å²) in [4.78, 5) is 12.4. The highest BCUT2D eigenvalue weighted by Gasteiger charge is 2.22. The summed E-state index contributed by atoms with van der Waals surface area (Å²) in [5, 5.41) is 2.37. The monoisotopic (exact) mass is 464 g/mol. The quantitative estimate of drug-likeness (QED) is 0.233.